The molecule has 0 aliphatic carbocycles. The third-order valence-electron chi connectivity index (χ3n) is 3.17. The Hall–Kier alpha value is -1.06. The van der Waals surface area contributed by atoms with Gasteiger partial charge in [0.15, 0.2) is 0 Å². The summed E-state index contributed by atoms with van der Waals surface area (Å²) in [6.07, 6.45) is 0.391. The van der Waals surface area contributed by atoms with Crippen LogP contribution in [0.1, 0.15) is 11.1 Å². The van der Waals surface area contributed by atoms with Crippen LogP contribution in [0, 0.1) is 0 Å². The van der Waals surface area contributed by atoms with Crippen molar-refractivity contribution in [2.75, 3.05) is 20.1 Å². The van der Waals surface area contributed by atoms with E-state index >= 15 is 0 Å². The highest BCUT2D eigenvalue weighted by molar-refractivity contribution is 5.42. The van der Waals surface area contributed by atoms with Gasteiger partial charge in [0.2, 0.25) is 0 Å². The lowest BCUT2D eigenvalue weighted by atomic mass is 10.1. The number of hydrogen-bond donors (Lipinski definition) is 1. The lowest BCUT2D eigenvalue weighted by Gasteiger charge is -2.36. The van der Waals surface area contributed by atoms with Gasteiger partial charge in [0.1, 0.15) is 11.9 Å². The summed E-state index contributed by atoms with van der Waals surface area (Å²) in [6, 6.07) is 6.35. The molecule has 15 heavy (non-hydrogen) atoms. The predicted molar refractivity (Wildman–Crippen MR) is 58.9 cm³/mol. The number of fused-ring (bicyclic) bond motifs is 1. The molecule has 3 nitrogen and oxygen atoms in total. The molecule has 0 amide bonds. The van der Waals surface area contributed by atoms with Gasteiger partial charge in [-0.25, -0.2) is 0 Å². The van der Waals surface area contributed by atoms with Gasteiger partial charge in [-0.15, -0.1) is 0 Å². The number of hydrogen-bond acceptors (Lipinski definition) is 3. The highest BCUT2D eigenvalue weighted by Crippen LogP contribution is 2.28. The number of rotatable bonds is 2. The Labute approximate surface area is 90.0 Å². The standard InChI is InChI=1S/C12H16N2O/c1-14-7-10(8-14)15-12-4-2-3-9-5-13-6-11(9)12/h2-4,10,13H,5-8H2,1H3. The monoisotopic (exact) mass is 204 g/mol. The van der Waals surface area contributed by atoms with E-state index in [-0.39, 0.29) is 0 Å². The first-order valence-corrected chi connectivity index (χ1v) is 5.49. The molecule has 1 fully saturated rings. The van der Waals surface area contributed by atoms with Crippen molar-refractivity contribution in [3.8, 4) is 5.75 Å². The minimum absolute atomic E-state index is 0.391. The normalized spacial score (nSPS) is 21.1. The number of likely N-dealkylation sites (tertiary alicyclic amines) is 1. The van der Waals surface area contributed by atoms with Crippen LogP contribution in [0.3, 0.4) is 0 Å². The van der Waals surface area contributed by atoms with E-state index in [1.165, 1.54) is 11.1 Å². The molecule has 2 aliphatic rings. The second kappa shape index (κ2) is 3.51. The Kier molecular flexibility index (Phi) is 2.15. The molecule has 3 rings (SSSR count). The average molecular weight is 204 g/mol. The summed E-state index contributed by atoms with van der Waals surface area (Å²) in [5.41, 5.74) is 2.74. The Morgan fingerprint density at radius 2 is 2.20 bits per heavy atom. The van der Waals surface area contributed by atoms with E-state index in [4.69, 9.17) is 4.74 Å². The first-order chi connectivity index (χ1) is 7.33. The van der Waals surface area contributed by atoms with Gasteiger partial charge < -0.3 is 10.1 Å². The maximum atomic E-state index is 5.98. The first-order valence-electron chi connectivity index (χ1n) is 5.49. The second-order valence-electron chi connectivity index (χ2n) is 4.46. The summed E-state index contributed by atoms with van der Waals surface area (Å²) < 4.78 is 5.98. The van der Waals surface area contributed by atoms with Crippen molar-refractivity contribution in [2.45, 2.75) is 19.2 Å². The second-order valence-corrected chi connectivity index (χ2v) is 4.46. The zero-order valence-electron chi connectivity index (χ0n) is 8.99. The summed E-state index contributed by atoms with van der Waals surface area (Å²) in [5.74, 6) is 1.08. The topological polar surface area (TPSA) is 24.5 Å². The van der Waals surface area contributed by atoms with Crippen molar-refractivity contribution in [2.24, 2.45) is 0 Å². The van der Waals surface area contributed by atoms with E-state index in [0.29, 0.717) is 6.10 Å². The molecule has 1 aromatic rings. The molecule has 0 saturated carbocycles. The fraction of sp³-hybridized carbons (Fsp3) is 0.500. The third-order valence-corrected chi connectivity index (χ3v) is 3.17. The van der Waals surface area contributed by atoms with Crippen LogP contribution in [-0.2, 0) is 13.1 Å². The van der Waals surface area contributed by atoms with Gasteiger partial charge in [-0.3, -0.25) is 4.90 Å². The highest BCUT2D eigenvalue weighted by atomic mass is 16.5. The molecular formula is C12H16N2O. The van der Waals surface area contributed by atoms with Crippen molar-refractivity contribution in [3.63, 3.8) is 0 Å². The Morgan fingerprint density at radius 3 is 3.00 bits per heavy atom. The molecule has 0 spiro atoms. The third kappa shape index (κ3) is 1.62. The lowest BCUT2D eigenvalue weighted by Crippen LogP contribution is -2.51. The summed E-state index contributed by atoms with van der Waals surface area (Å²) in [6.45, 7) is 4.04. The zero-order chi connectivity index (χ0) is 10.3. The minimum atomic E-state index is 0.391. The molecule has 2 heterocycles. The van der Waals surface area contributed by atoms with E-state index in [1.807, 2.05) is 0 Å². The quantitative estimate of drug-likeness (QED) is 0.777. The van der Waals surface area contributed by atoms with Gasteiger partial charge >= 0.3 is 0 Å². The molecule has 0 unspecified atom stereocenters. The molecule has 3 heteroatoms. The molecule has 0 atom stereocenters. The van der Waals surface area contributed by atoms with Gasteiger partial charge in [0.25, 0.3) is 0 Å². The van der Waals surface area contributed by atoms with Crippen molar-refractivity contribution in [3.05, 3.63) is 29.3 Å². The van der Waals surface area contributed by atoms with Gasteiger partial charge in [0, 0.05) is 31.7 Å². The fourth-order valence-corrected chi connectivity index (χ4v) is 2.31. The van der Waals surface area contributed by atoms with Gasteiger partial charge in [0.05, 0.1) is 0 Å². The SMILES string of the molecule is CN1CC(Oc2cccc3c2CNC3)C1. The Morgan fingerprint density at radius 1 is 1.33 bits per heavy atom. The highest BCUT2D eigenvalue weighted by Gasteiger charge is 2.26. The molecule has 0 aromatic heterocycles. The van der Waals surface area contributed by atoms with Gasteiger partial charge in [-0.2, -0.15) is 0 Å². The number of benzene rings is 1. The Balaban J connectivity index is 1.77. The van der Waals surface area contributed by atoms with Crippen LogP contribution in [0.5, 0.6) is 5.75 Å². The number of likely N-dealkylation sites (N-methyl/N-ethyl adjacent to an activating group) is 1. The summed E-state index contributed by atoms with van der Waals surface area (Å²) >= 11 is 0. The van der Waals surface area contributed by atoms with E-state index in [2.05, 4.69) is 35.5 Å². The maximum Gasteiger partial charge on any atom is 0.124 e. The molecule has 0 radical (unpaired) electrons. The van der Waals surface area contributed by atoms with Crippen molar-refractivity contribution in [1.29, 1.82) is 0 Å². The van der Waals surface area contributed by atoms with E-state index in [1.54, 1.807) is 0 Å². The summed E-state index contributed by atoms with van der Waals surface area (Å²) in [5, 5.41) is 3.36. The van der Waals surface area contributed by atoms with Crippen LogP contribution in [0.25, 0.3) is 0 Å². The summed E-state index contributed by atoms with van der Waals surface area (Å²) in [4.78, 5) is 2.27. The number of ether oxygens (including phenoxy) is 1. The number of nitrogens with zero attached hydrogens (tertiary/aromatic N) is 1. The molecule has 0 bridgehead atoms. The van der Waals surface area contributed by atoms with Crippen molar-refractivity contribution in [1.82, 2.24) is 10.2 Å². The predicted octanol–water partition coefficient (Wildman–Crippen LogP) is 0.983. The largest absolute Gasteiger partial charge is 0.487 e. The maximum absolute atomic E-state index is 5.98. The summed E-state index contributed by atoms with van der Waals surface area (Å²) in [7, 11) is 2.12. The molecule has 1 N–H and O–H groups in total. The molecule has 2 aliphatic heterocycles. The fourth-order valence-electron chi connectivity index (χ4n) is 2.31. The van der Waals surface area contributed by atoms with Crippen LogP contribution in [0.15, 0.2) is 18.2 Å². The van der Waals surface area contributed by atoms with Crippen LogP contribution in [-0.4, -0.2) is 31.1 Å². The Bertz CT molecular complexity index is 372. The number of nitrogens with one attached hydrogen (secondary N) is 1. The van der Waals surface area contributed by atoms with E-state index < -0.39 is 0 Å². The molecule has 80 valence electrons. The van der Waals surface area contributed by atoms with Gasteiger partial charge in [-0.1, -0.05) is 12.1 Å². The average Bonchev–Trinajstić information content (AvgIpc) is 2.64. The first kappa shape index (κ1) is 9.19. The molecule has 1 saturated heterocycles. The zero-order valence-corrected chi connectivity index (χ0v) is 8.99. The lowest BCUT2D eigenvalue weighted by molar-refractivity contribution is 0.0382. The van der Waals surface area contributed by atoms with Crippen molar-refractivity contribution >= 4 is 0 Å². The van der Waals surface area contributed by atoms with Crippen LogP contribution in [0.2, 0.25) is 0 Å². The van der Waals surface area contributed by atoms with Crippen molar-refractivity contribution < 1.29 is 4.74 Å². The van der Waals surface area contributed by atoms with Crippen LogP contribution in [0.4, 0.5) is 0 Å². The smallest absolute Gasteiger partial charge is 0.124 e. The van der Waals surface area contributed by atoms with Gasteiger partial charge in [-0.05, 0) is 18.7 Å². The van der Waals surface area contributed by atoms with Crippen LogP contribution < -0.4 is 10.1 Å². The van der Waals surface area contributed by atoms with E-state index in [0.717, 1.165) is 31.9 Å². The molecule has 1 aromatic carbocycles. The minimum Gasteiger partial charge on any atom is -0.487 e. The van der Waals surface area contributed by atoms with E-state index in [9.17, 15) is 0 Å². The van der Waals surface area contributed by atoms with Crippen LogP contribution >= 0.6 is 0 Å². The molecular weight excluding hydrogens is 188 g/mol.